The van der Waals surface area contributed by atoms with E-state index in [1.165, 1.54) is 16.0 Å². The van der Waals surface area contributed by atoms with Crippen molar-refractivity contribution in [2.75, 3.05) is 11.9 Å². The Balaban J connectivity index is 2.35. The lowest BCUT2D eigenvalue weighted by Gasteiger charge is -2.42. The van der Waals surface area contributed by atoms with Gasteiger partial charge in [-0.1, -0.05) is 0 Å². The third kappa shape index (κ3) is 1.32. The van der Waals surface area contributed by atoms with Crippen LogP contribution in [-0.2, 0) is 5.54 Å². The molecule has 2 nitrogen and oxygen atoms in total. The number of hydrogen-bond acceptors (Lipinski definition) is 3. The zero-order valence-corrected chi connectivity index (χ0v) is 11.0. The van der Waals surface area contributed by atoms with Crippen LogP contribution in [-0.4, -0.2) is 12.2 Å². The third-order valence-corrected chi connectivity index (χ3v) is 4.70. The summed E-state index contributed by atoms with van der Waals surface area (Å²) >= 11 is 1.77. The smallest absolute Gasteiger partial charge is 0.117 e. The van der Waals surface area contributed by atoms with E-state index in [2.05, 4.69) is 37.2 Å². The monoisotopic (exact) mass is 245 g/mol. The molecule has 1 aliphatic heterocycles. The van der Waals surface area contributed by atoms with Crippen LogP contribution in [0, 0.1) is 0 Å². The summed E-state index contributed by atoms with van der Waals surface area (Å²) < 4.78 is 0. The van der Waals surface area contributed by atoms with Crippen LogP contribution in [0.1, 0.15) is 19.4 Å². The number of thiophene rings is 1. The molecule has 0 amide bonds. The number of phenols is 1. The molecule has 88 valence electrons. The third-order valence-electron chi connectivity index (χ3n) is 3.75. The molecule has 0 atom stereocenters. The number of aromatic hydroxyl groups is 1. The Morgan fingerprint density at radius 1 is 1.24 bits per heavy atom. The van der Waals surface area contributed by atoms with Gasteiger partial charge < -0.3 is 10.0 Å². The predicted octanol–water partition coefficient (Wildman–Crippen LogP) is 3.81. The molecule has 17 heavy (non-hydrogen) atoms. The first-order valence-electron chi connectivity index (χ1n) is 5.67. The van der Waals surface area contributed by atoms with Crippen molar-refractivity contribution in [3.8, 4) is 16.2 Å². The van der Waals surface area contributed by atoms with Gasteiger partial charge in [-0.25, -0.2) is 0 Å². The van der Waals surface area contributed by atoms with Crippen LogP contribution >= 0.6 is 11.3 Å². The predicted molar refractivity (Wildman–Crippen MR) is 72.8 cm³/mol. The topological polar surface area (TPSA) is 23.5 Å². The van der Waals surface area contributed by atoms with Gasteiger partial charge in [0, 0.05) is 29.2 Å². The Labute approximate surface area is 105 Å². The molecule has 0 unspecified atom stereocenters. The second kappa shape index (κ2) is 3.26. The summed E-state index contributed by atoms with van der Waals surface area (Å²) in [6.07, 6.45) is 0. The molecule has 3 rings (SSSR count). The summed E-state index contributed by atoms with van der Waals surface area (Å²) in [5, 5.41) is 11.8. The van der Waals surface area contributed by atoms with Crippen molar-refractivity contribution in [2.45, 2.75) is 19.4 Å². The highest BCUT2D eigenvalue weighted by Gasteiger charge is 2.35. The quantitative estimate of drug-likeness (QED) is 0.763. The van der Waals surface area contributed by atoms with E-state index in [1.54, 1.807) is 17.4 Å². The van der Waals surface area contributed by atoms with Gasteiger partial charge in [0.2, 0.25) is 0 Å². The fourth-order valence-electron chi connectivity index (χ4n) is 2.47. The van der Waals surface area contributed by atoms with E-state index in [4.69, 9.17) is 0 Å². The number of nitrogens with zero attached hydrogens (tertiary/aromatic N) is 1. The minimum absolute atomic E-state index is 0.0316. The van der Waals surface area contributed by atoms with Crippen molar-refractivity contribution < 1.29 is 5.11 Å². The molecular weight excluding hydrogens is 230 g/mol. The molecule has 2 aromatic rings. The molecule has 0 saturated carbocycles. The highest BCUT2D eigenvalue weighted by molar-refractivity contribution is 7.13. The van der Waals surface area contributed by atoms with Crippen molar-refractivity contribution in [2.24, 2.45) is 0 Å². The van der Waals surface area contributed by atoms with E-state index in [0.717, 1.165) is 5.69 Å². The largest absolute Gasteiger partial charge is 0.508 e. The Morgan fingerprint density at radius 2 is 2.00 bits per heavy atom. The lowest BCUT2D eigenvalue weighted by atomic mass is 9.86. The standard InChI is InChI=1S/C14H15NOS/c1-14(2)11-6-7-17-13(11)10-5-4-9(16)8-12(10)15(14)3/h4-8,16H,1-3H3. The maximum Gasteiger partial charge on any atom is 0.117 e. The zero-order chi connectivity index (χ0) is 12.2. The minimum Gasteiger partial charge on any atom is -0.508 e. The fraction of sp³-hybridized carbons (Fsp3) is 0.286. The van der Waals surface area contributed by atoms with Gasteiger partial charge in [0.1, 0.15) is 5.75 Å². The van der Waals surface area contributed by atoms with Crippen LogP contribution in [0.15, 0.2) is 29.6 Å². The van der Waals surface area contributed by atoms with Crippen LogP contribution in [0.2, 0.25) is 0 Å². The second-order valence-electron chi connectivity index (χ2n) is 4.98. The van der Waals surface area contributed by atoms with E-state index in [-0.39, 0.29) is 5.54 Å². The zero-order valence-electron chi connectivity index (χ0n) is 10.2. The second-order valence-corrected chi connectivity index (χ2v) is 5.90. The Morgan fingerprint density at radius 3 is 2.76 bits per heavy atom. The van der Waals surface area contributed by atoms with Crippen LogP contribution in [0.25, 0.3) is 10.4 Å². The summed E-state index contributed by atoms with van der Waals surface area (Å²) in [6, 6.07) is 7.81. The molecule has 0 saturated heterocycles. The molecule has 1 aliphatic rings. The molecule has 0 bridgehead atoms. The van der Waals surface area contributed by atoms with Crippen LogP contribution in [0.5, 0.6) is 5.75 Å². The van der Waals surface area contributed by atoms with E-state index in [0.29, 0.717) is 5.75 Å². The summed E-state index contributed by atoms with van der Waals surface area (Å²) in [6.45, 7) is 4.43. The summed E-state index contributed by atoms with van der Waals surface area (Å²) in [5.41, 5.74) is 3.65. The molecule has 0 aliphatic carbocycles. The van der Waals surface area contributed by atoms with E-state index >= 15 is 0 Å². The Bertz CT molecular complexity index is 586. The highest BCUT2D eigenvalue weighted by atomic mass is 32.1. The maximum absolute atomic E-state index is 9.65. The first-order chi connectivity index (χ1) is 8.01. The molecule has 0 spiro atoms. The molecule has 2 heterocycles. The van der Waals surface area contributed by atoms with Gasteiger partial charge in [-0.3, -0.25) is 0 Å². The molecule has 3 heteroatoms. The number of phenolic OH excluding ortho intramolecular Hbond substituents is 1. The average Bonchev–Trinajstić information content (AvgIpc) is 2.76. The van der Waals surface area contributed by atoms with Crippen molar-refractivity contribution in [3.63, 3.8) is 0 Å². The lowest BCUT2D eigenvalue weighted by molar-refractivity contribution is 0.472. The van der Waals surface area contributed by atoms with Gasteiger partial charge >= 0.3 is 0 Å². The normalized spacial score (nSPS) is 16.5. The maximum atomic E-state index is 9.65. The molecule has 0 radical (unpaired) electrons. The van der Waals surface area contributed by atoms with Gasteiger partial charge in [0.15, 0.2) is 0 Å². The van der Waals surface area contributed by atoms with Crippen molar-refractivity contribution >= 4 is 17.0 Å². The number of anilines is 1. The van der Waals surface area contributed by atoms with E-state index in [1.807, 2.05) is 12.1 Å². The minimum atomic E-state index is -0.0316. The van der Waals surface area contributed by atoms with Gasteiger partial charge in [-0.05, 0) is 43.0 Å². The Kier molecular flexibility index (Phi) is 2.05. The number of hydrogen-bond donors (Lipinski definition) is 1. The van der Waals surface area contributed by atoms with Crippen molar-refractivity contribution in [1.82, 2.24) is 0 Å². The first kappa shape index (κ1) is 10.7. The molecule has 1 N–H and O–H groups in total. The van der Waals surface area contributed by atoms with Crippen LogP contribution in [0.3, 0.4) is 0 Å². The molecule has 1 aromatic carbocycles. The van der Waals surface area contributed by atoms with Crippen LogP contribution in [0.4, 0.5) is 5.69 Å². The van der Waals surface area contributed by atoms with Gasteiger partial charge in [-0.15, -0.1) is 11.3 Å². The lowest BCUT2D eigenvalue weighted by Crippen LogP contribution is -2.41. The van der Waals surface area contributed by atoms with Gasteiger partial charge in [0.05, 0.1) is 5.54 Å². The highest BCUT2D eigenvalue weighted by Crippen LogP contribution is 2.49. The molecule has 1 aromatic heterocycles. The van der Waals surface area contributed by atoms with E-state index in [9.17, 15) is 5.11 Å². The number of rotatable bonds is 0. The summed E-state index contributed by atoms with van der Waals surface area (Å²) in [5.74, 6) is 0.325. The Hall–Kier alpha value is -1.48. The SMILES string of the molecule is CN1c2cc(O)ccc2-c2sccc2C1(C)C. The molecular formula is C14H15NOS. The first-order valence-corrected chi connectivity index (χ1v) is 6.55. The van der Waals surface area contributed by atoms with Gasteiger partial charge in [-0.2, -0.15) is 0 Å². The molecule has 0 fully saturated rings. The van der Waals surface area contributed by atoms with Crippen molar-refractivity contribution in [3.05, 3.63) is 35.2 Å². The van der Waals surface area contributed by atoms with Crippen molar-refractivity contribution in [1.29, 1.82) is 0 Å². The van der Waals surface area contributed by atoms with Gasteiger partial charge in [0.25, 0.3) is 0 Å². The number of fused-ring (bicyclic) bond motifs is 3. The number of benzene rings is 1. The van der Waals surface area contributed by atoms with E-state index < -0.39 is 0 Å². The van der Waals surface area contributed by atoms with Crippen LogP contribution < -0.4 is 4.90 Å². The fourth-order valence-corrected chi connectivity index (χ4v) is 3.56. The average molecular weight is 245 g/mol. The summed E-state index contributed by atoms with van der Waals surface area (Å²) in [4.78, 5) is 3.56. The summed E-state index contributed by atoms with van der Waals surface area (Å²) in [7, 11) is 2.08.